The van der Waals surface area contributed by atoms with Gasteiger partial charge in [0.1, 0.15) is 6.04 Å². The fourth-order valence-corrected chi connectivity index (χ4v) is 4.94. The van der Waals surface area contributed by atoms with Crippen molar-refractivity contribution in [1.82, 2.24) is 10.2 Å². The van der Waals surface area contributed by atoms with Gasteiger partial charge >= 0.3 is 0 Å². The maximum atomic E-state index is 13.5. The van der Waals surface area contributed by atoms with E-state index in [0.29, 0.717) is 22.0 Å². The van der Waals surface area contributed by atoms with Gasteiger partial charge in [-0.2, -0.15) is 0 Å². The van der Waals surface area contributed by atoms with Crippen LogP contribution in [0.2, 0.25) is 10.0 Å². The molecule has 1 saturated carbocycles. The van der Waals surface area contributed by atoms with E-state index >= 15 is 0 Å². The second-order valence-electron chi connectivity index (χ2n) is 8.55. The predicted octanol–water partition coefficient (Wildman–Crippen LogP) is 5.70. The highest BCUT2D eigenvalue weighted by molar-refractivity contribution is 6.36. The summed E-state index contributed by atoms with van der Waals surface area (Å²) in [5.41, 5.74) is 0.687. The van der Waals surface area contributed by atoms with E-state index in [-0.39, 0.29) is 36.2 Å². The van der Waals surface area contributed by atoms with Crippen molar-refractivity contribution in [3.05, 3.63) is 73.8 Å². The molecule has 0 heterocycles. The molecule has 0 bridgehead atoms. The second kappa shape index (κ2) is 12.2. The van der Waals surface area contributed by atoms with Crippen LogP contribution in [-0.2, 0) is 22.6 Å². The number of carbonyl (C=O) groups excluding carboxylic acids is 2. The molecule has 0 unspecified atom stereocenters. The lowest BCUT2D eigenvalue weighted by Gasteiger charge is -2.33. The number of para-hydroxylation sites is 1. The zero-order valence-electron chi connectivity index (χ0n) is 19.1. The molecule has 1 atom stereocenters. The van der Waals surface area contributed by atoms with Crippen molar-refractivity contribution in [2.45, 2.75) is 70.5 Å². The van der Waals surface area contributed by atoms with E-state index < -0.39 is 16.9 Å². The number of nitrogens with one attached hydrogen (secondary N) is 1. The van der Waals surface area contributed by atoms with Gasteiger partial charge in [0.25, 0.3) is 5.69 Å². The summed E-state index contributed by atoms with van der Waals surface area (Å²) >= 11 is 12.8. The highest BCUT2D eigenvalue weighted by Crippen LogP contribution is 2.28. The van der Waals surface area contributed by atoms with Crippen molar-refractivity contribution in [1.29, 1.82) is 0 Å². The van der Waals surface area contributed by atoms with E-state index in [4.69, 9.17) is 23.2 Å². The van der Waals surface area contributed by atoms with E-state index in [0.717, 1.165) is 32.1 Å². The molecule has 2 aromatic rings. The molecule has 34 heavy (non-hydrogen) atoms. The van der Waals surface area contributed by atoms with Crippen LogP contribution in [0.4, 0.5) is 5.69 Å². The van der Waals surface area contributed by atoms with E-state index in [1.165, 1.54) is 11.0 Å². The lowest BCUT2D eigenvalue weighted by Crippen LogP contribution is -2.52. The first-order chi connectivity index (χ1) is 16.3. The molecule has 1 fully saturated rings. The molecule has 0 radical (unpaired) electrons. The number of amides is 2. The van der Waals surface area contributed by atoms with Crippen molar-refractivity contribution in [2.75, 3.05) is 0 Å². The minimum Gasteiger partial charge on any atom is -0.352 e. The van der Waals surface area contributed by atoms with Crippen LogP contribution in [0.1, 0.15) is 56.6 Å². The van der Waals surface area contributed by atoms with E-state index in [2.05, 4.69) is 5.32 Å². The Bertz CT molecular complexity index is 1020. The van der Waals surface area contributed by atoms with Crippen LogP contribution in [0.3, 0.4) is 0 Å². The van der Waals surface area contributed by atoms with Crippen LogP contribution in [0.5, 0.6) is 0 Å². The number of halogens is 2. The Morgan fingerprint density at radius 2 is 1.74 bits per heavy atom. The van der Waals surface area contributed by atoms with Crippen molar-refractivity contribution < 1.29 is 14.5 Å². The maximum Gasteiger partial charge on any atom is 0.273 e. The normalized spacial score (nSPS) is 14.9. The van der Waals surface area contributed by atoms with Gasteiger partial charge in [-0.3, -0.25) is 19.7 Å². The van der Waals surface area contributed by atoms with Crippen LogP contribution in [-0.4, -0.2) is 33.7 Å². The van der Waals surface area contributed by atoms with E-state index in [1.807, 2.05) is 6.92 Å². The lowest BCUT2D eigenvalue weighted by molar-refractivity contribution is -0.385. The summed E-state index contributed by atoms with van der Waals surface area (Å²) in [6.45, 7) is 1.86. The molecule has 1 aliphatic carbocycles. The fraction of sp³-hybridized carbons (Fsp3) is 0.440. The number of carbonyl (C=O) groups is 2. The smallest absolute Gasteiger partial charge is 0.273 e. The third kappa shape index (κ3) is 6.48. The Kier molecular flexibility index (Phi) is 9.30. The number of hydrogen-bond donors (Lipinski definition) is 1. The minimum absolute atomic E-state index is 0.0224. The van der Waals surface area contributed by atoms with Crippen LogP contribution in [0.25, 0.3) is 0 Å². The van der Waals surface area contributed by atoms with Gasteiger partial charge in [-0.15, -0.1) is 0 Å². The number of nitrogens with zero attached hydrogens (tertiary/aromatic N) is 2. The van der Waals surface area contributed by atoms with Gasteiger partial charge in [0.2, 0.25) is 11.8 Å². The SMILES string of the molecule is CC[C@@H](C(=O)NC1CCCCC1)N(Cc1c(Cl)cccc1Cl)C(=O)Cc1ccccc1[N+](=O)[O-]. The van der Waals surface area contributed by atoms with Crippen molar-refractivity contribution in [3.8, 4) is 0 Å². The number of nitro groups is 1. The van der Waals surface area contributed by atoms with E-state index in [9.17, 15) is 19.7 Å². The van der Waals surface area contributed by atoms with Crippen LogP contribution in [0.15, 0.2) is 42.5 Å². The molecule has 1 aliphatic rings. The Morgan fingerprint density at radius 1 is 1.09 bits per heavy atom. The molecule has 7 nitrogen and oxygen atoms in total. The topological polar surface area (TPSA) is 92.6 Å². The van der Waals surface area contributed by atoms with Crippen molar-refractivity contribution in [2.24, 2.45) is 0 Å². The first kappa shape index (κ1) is 26.0. The number of nitro benzene ring substituents is 1. The Hall–Kier alpha value is -2.64. The van der Waals surface area contributed by atoms with Gasteiger partial charge in [-0.25, -0.2) is 0 Å². The molecule has 2 aromatic carbocycles. The molecule has 1 N–H and O–H groups in total. The molecular weight excluding hydrogens is 477 g/mol. The third-order valence-electron chi connectivity index (χ3n) is 6.26. The minimum atomic E-state index is -0.760. The highest BCUT2D eigenvalue weighted by atomic mass is 35.5. The van der Waals surface area contributed by atoms with Gasteiger partial charge in [0.05, 0.1) is 11.3 Å². The van der Waals surface area contributed by atoms with Gasteiger partial charge < -0.3 is 10.2 Å². The first-order valence-corrected chi connectivity index (χ1v) is 12.3. The summed E-state index contributed by atoms with van der Waals surface area (Å²) in [4.78, 5) is 39.2. The number of benzene rings is 2. The second-order valence-corrected chi connectivity index (χ2v) is 9.37. The maximum absolute atomic E-state index is 13.5. The molecule has 0 spiro atoms. The zero-order chi connectivity index (χ0) is 24.7. The number of rotatable bonds is 9. The average molecular weight is 506 g/mol. The van der Waals surface area contributed by atoms with Crippen LogP contribution >= 0.6 is 23.2 Å². The summed E-state index contributed by atoms with van der Waals surface area (Å²) in [6, 6.07) is 10.5. The fourth-order valence-electron chi connectivity index (χ4n) is 4.42. The molecule has 2 amide bonds. The summed E-state index contributed by atoms with van der Waals surface area (Å²) in [5, 5.41) is 15.3. The van der Waals surface area contributed by atoms with Gasteiger partial charge in [0, 0.05) is 39.8 Å². The van der Waals surface area contributed by atoms with E-state index in [1.54, 1.807) is 36.4 Å². The third-order valence-corrected chi connectivity index (χ3v) is 6.97. The lowest BCUT2D eigenvalue weighted by atomic mass is 9.95. The monoisotopic (exact) mass is 505 g/mol. The zero-order valence-corrected chi connectivity index (χ0v) is 20.6. The molecule has 0 aliphatic heterocycles. The largest absolute Gasteiger partial charge is 0.352 e. The van der Waals surface area contributed by atoms with Crippen LogP contribution in [0, 0.1) is 10.1 Å². The molecule has 182 valence electrons. The summed E-state index contributed by atoms with van der Waals surface area (Å²) in [6.07, 6.45) is 5.30. The van der Waals surface area contributed by atoms with Crippen molar-refractivity contribution >= 4 is 40.7 Å². The standard InChI is InChI=1S/C25H29Cl2N3O4/c1-2-22(25(32)28-18-10-4-3-5-11-18)29(16-19-20(26)12-8-13-21(19)27)24(31)15-17-9-6-7-14-23(17)30(33)34/h6-9,12-14,18,22H,2-5,10-11,15-16H2,1H3,(H,28,32)/t22-/m0/s1. The Morgan fingerprint density at radius 3 is 2.35 bits per heavy atom. The van der Waals surface area contributed by atoms with Gasteiger partial charge in [-0.1, -0.05) is 73.7 Å². The average Bonchev–Trinajstić information content (AvgIpc) is 2.81. The molecule has 3 rings (SSSR count). The highest BCUT2D eigenvalue weighted by Gasteiger charge is 2.32. The van der Waals surface area contributed by atoms with Gasteiger partial charge in [0.15, 0.2) is 0 Å². The quantitative estimate of drug-likeness (QED) is 0.349. The van der Waals surface area contributed by atoms with Crippen LogP contribution < -0.4 is 5.32 Å². The molecule has 0 saturated heterocycles. The number of hydrogen-bond acceptors (Lipinski definition) is 4. The first-order valence-electron chi connectivity index (χ1n) is 11.6. The molecular formula is C25H29Cl2N3O4. The molecule has 0 aromatic heterocycles. The Balaban J connectivity index is 1.91. The summed E-state index contributed by atoms with van der Waals surface area (Å²) in [5.74, 6) is -0.635. The summed E-state index contributed by atoms with van der Waals surface area (Å²) in [7, 11) is 0. The Labute approximate surface area is 209 Å². The van der Waals surface area contributed by atoms with Crippen molar-refractivity contribution in [3.63, 3.8) is 0 Å². The summed E-state index contributed by atoms with van der Waals surface area (Å²) < 4.78 is 0. The molecule has 9 heteroatoms. The van der Waals surface area contributed by atoms with Gasteiger partial charge in [-0.05, 0) is 31.4 Å². The predicted molar refractivity (Wildman–Crippen MR) is 133 cm³/mol.